The third-order valence-corrected chi connectivity index (χ3v) is 2.54. The summed E-state index contributed by atoms with van der Waals surface area (Å²) in [5.41, 5.74) is 6.79. The van der Waals surface area contributed by atoms with Crippen LogP contribution in [0.15, 0.2) is 18.2 Å². The molecule has 0 saturated heterocycles. The Labute approximate surface area is 109 Å². The summed E-state index contributed by atoms with van der Waals surface area (Å²) in [5, 5.41) is 0. The lowest BCUT2D eigenvalue weighted by atomic mass is 10.2. The van der Waals surface area contributed by atoms with Crippen molar-refractivity contribution in [3.63, 3.8) is 0 Å². The highest BCUT2D eigenvalue weighted by molar-refractivity contribution is 5.38. The number of rotatable bonds is 3. The predicted molar refractivity (Wildman–Crippen MR) is 67.0 cm³/mol. The molecule has 0 atom stereocenters. The van der Waals surface area contributed by atoms with E-state index in [1.54, 1.807) is 12.1 Å². The highest BCUT2D eigenvalue weighted by Gasteiger charge is 2.14. The van der Waals surface area contributed by atoms with Crippen LogP contribution in [0.25, 0.3) is 0 Å². The van der Waals surface area contributed by atoms with E-state index >= 15 is 0 Å². The monoisotopic (exact) mass is 265 g/mol. The van der Waals surface area contributed by atoms with E-state index in [9.17, 15) is 8.78 Å². The van der Waals surface area contributed by atoms with Gasteiger partial charge in [-0.1, -0.05) is 6.92 Å². The number of halogens is 2. The molecule has 0 aliphatic carbocycles. The minimum atomic E-state index is -0.914. The smallest absolute Gasteiger partial charge is 0.258 e. The molecule has 0 bridgehead atoms. The topological polar surface area (TPSA) is 61.0 Å². The van der Waals surface area contributed by atoms with Gasteiger partial charge in [0.05, 0.1) is 5.69 Å². The number of anilines is 1. The van der Waals surface area contributed by atoms with E-state index in [-0.39, 0.29) is 5.88 Å². The van der Waals surface area contributed by atoms with E-state index < -0.39 is 17.5 Å². The van der Waals surface area contributed by atoms with Crippen LogP contribution in [-0.2, 0) is 6.42 Å². The van der Waals surface area contributed by atoms with E-state index in [4.69, 9.17) is 10.5 Å². The summed E-state index contributed by atoms with van der Waals surface area (Å²) in [4.78, 5) is 7.82. The van der Waals surface area contributed by atoms with Gasteiger partial charge in [0.2, 0.25) is 0 Å². The normalized spacial score (nSPS) is 10.5. The molecule has 100 valence electrons. The van der Waals surface area contributed by atoms with Gasteiger partial charge in [-0.2, -0.15) is 4.98 Å². The third kappa shape index (κ3) is 2.78. The molecule has 0 aliphatic heterocycles. The molecular formula is C13H13F2N3O. The minimum Gasteiger partial charge on any atom is -0.434 e. The standard InChI is InChI=1S/C13H13F2N3O/c1-3-10-11(5-4-7(2)17-10)19-13-9(15)6-8(14)12(16)18-13/h4-6H,3H2,1-2H3,(H2,16,18). The Hall–Kier alpha value is -2.24. The van der Waals surface area contributed by atoms with E-state index in [1.807, 2.05) is 13.8 Å². The second kappa shape index (κ2) is 5.17. The molecule has 4 nitrogen and oxygen atoms in total. The van der Waals surface area contributed by atoms with Crippen LogP contribution in [0.2, 0.25) is 0 Å². The minimum absolute atomic E-state index is 0.362. The third-order valence-electron chi connectivity index (χ3n) is 2.54. The maximum absolute atomic E-state index is 13.5. The highest BCUT2D eigenvalue weighted by Crippen LogP contribution is 2.27. The molecule has 0 radical (unpaired) electrons. The molecule has 0 spiro atoms. The van der Waals surface area contributed by atoms with E-state index in [0.29, 0.717) is 23.9 Å². The van der Waals surface area contributed by atoms with E-state index in [1.165, 1.54) is 0 Å². The van der Waals surface area contributed by atoms with Gasteiger partial charge in [0.1, 0.15) is 0 Å². The quantitative estimate of drug-likeness (QED) is 0.926. The first-order valence-corrected chi connectivity index (χ1v) is 5.77. The van der Waals surface area contributed by atoms with Gasteiger partial charge >= 0.3 is 0 Å². The molecule has 0 saturated carbocycles. The first-order valence-electron chi connectivity index (χ1n) is 5.77. The molecule has 2 heterocycles. The van der Waals surface area contributed by atoms with Gasteiger partial charge in [0.25, 0.3) is 5.88 Å². The first-order chi connectivity index (χ1) is 9.01. The van der Waals surface area contributed by atoms with Crippen molar-refractivity contribution >= 4 is 5.82 Å². The molecule has 0 amide bonds. The van der Waals surface area contributed by atoms with Gasteiger partial charge in [0, 0.05) is 11.8 Å². The number of ether oxygens (including phenoxy) is 1. The Morgan fingerprint density at radius 1 is 1.21 bits per heavy atom. The Balaban J connectivity index is 2.39. The van der Waals surface area contributed by atoms with Crippen LogP contribution in [0.4, 0.5) is 14.6 Å². The number of nitrogen functional groups attached to an aromatic ring is 1. The molecule has 0 aliphatic rings. The summed E-state index contributed by atoms with van der Waals surface area (Å²) in [6.45, 7) is 3.75. The maximum Gasteiger partial charge on any atom is 0.258 e. The fourth-order valence-electron chi connectivity index (χ4n) is 1.58. The predicted octanol–water partition coefficient (Wildman–Crippen LogP) is 3.00. The second-order valence-corrected chi connectivity index (χ2v) is 4.00. The Morgan fingerprint density at radius 2 is 1.95 bits per heavy atom. The van der Waals surface area contributed by atoms with Gasteiger partial charge in [0.15, 0.2) is 23.2 Å². The summed E-state index contributed by atoms with van der Waals surface area (Å²) < 4.78 is 31.9. The Kier molecular flexibility index (Phi) is 3.59. The average Bonchev–Trinajstić information content (AvgIpc) is 2.37. The van der Waals surface area contributed by atoms with Crippen molar-refractivity contribution in [3.8, 4) is 11.6 Å². The molecule has 6 heteroatoms. The van der Waals surface area contributed by atoms with Crippen molar-refractivity contribution < 1.29 is 13.5 Å². The number of aromatic nitrogens is 2. The van der Waals surface area contributed by atoms with Gasteiger partial charge in [-0.3, -0.25) is 4.98 Å². The molecule has 2 rings (SSSR count). The summed E-state index contributed by atoms with van der Waals surface area (Å²) >= 11 is 0. The molecule has 0 fully saturated rings. The maximum atomic E-state index is 13.5. The fourth-order valence-corrected chi connectivity index (χ4v) is 1.58. The number of hydrogen-bond donors (Lipinski definition) is 1. The number of pyridine rings is 2. The molecule has 0 aromatic carbocycles. The van der Waals surface area contributed by atoms with Gasteiger partial charge < -0.3 is 10.5 Å². The highest BCUT2D eigenvalue weighted by atomic mass is 19.1. The summed E-state index contributed by atoms with van der Waals surface area (Å²) in [6.07, 6.45) is 0.620. The number of nitrogens with two attached hydrogens (primary N) is 1. The molecule has 19 heavy (non-hydrogen) atoms. The Bertz CT molecular complexity index is 617. The molecule has 2 aromatic rings. The van der Waals surface area contributed by atoms with Crippen LogP contribution >= 0.6 is 0 Å². The van der Waals surface area contributed by atoms with Crippen molar-refractivity contribution in [2.24, 2.45) is 0 Å². The van der Waals surface area contributed by atoms with Crippen molar-refractivity contribution in [3.05, 3.63) is 41.2 Å². The average molecular weight is 265 g/mol. The number of aryl methyl sites for hydroxylation is 2. The number of hydrogen-bond acceptors (Lipinski definition) is 4. The van der Waals surface area contributed by atoms with Crippen molar-refractivity contribution in [1.29, 1.82) is 0 Å². The summed E-state index contributed by atoms with van der Waals surface area (Å²) in [6, 6.07) is 4.05. The second-order valence-electron chi connectivity index (χ2n) is 4.00. The van der Waals surface area contributed by atoms with E-state index in [2.05, 4.69) is 9.97 Å². The summed E-state index contributed by atoms with van der Waals surface area (Å²) in [5.74, 6) is -2.21. The lowest BCUT2D eigenvalue weighted by Gasteiger charge is -2.10. The van der Waals surface area contributed by atoms with Gasteiger partial charge in [-0.05, 0) is 25.5 Å². The lowest BCUT2D eigenvalue weighted by molar-refractivity contribution is 0.412. The molecule has 2 aromatic heterocycles. The van der Waals surface area contributed by atoms with Gasteiger partial charge in [-0.25, -0.2) is 8.78 Å². The molecule has 0 unspecified atom stereocenters. The van der Waals surface area contributed by atoms with Crippen LogP contribution in [0.1, 0.15) is 18.3 Å². The largest absolute Gasteiger partial charge is 0.434 e. The van der Waals surface area contributed by atoms with Gasteiger partial charge in [-0.15, -0.1) is 0 Å². The van der Waals surface area contributed by atoms with Crippen LogP contribution in [0.5, 0.6) is 11.6 Å². The van der Waals surface area contributed by atoms with Crippen LogP contribution < -0.4 is 10.5 Å². The first kappa shape index (κ1) is 13.2. The lowest BCUT2D eigenvalue weighted by Crippen LogP contribution is -2.02. The van der Waals surface area contributed by atoms with Crippen molar-refractivity contribution in [2.75, 3.05) is 5.73 Å². The van der Waals surface area contributed by atoms with E-state index in [0.717, 1.165) is 5.69 Å². The van der Waals surface area contributed by atoms with Crippen LogP contribution in [-0.4, -0.2) is 9.97 Å². The zero-order valence-electron chi connectivity index (χ0n) is 10.6. The fraction of sp³-hybridized carbons (Fsp3) is 0.231. The van der Waals surface area contributed by atoms with Crippen molar-refractivity contribution in [1.82, 2.24) is 9.97 Å². The Morgan fingerprint density at radius 3 is 2.63 bits per heavy atom. The molecular weight excluding hydrogens is 252 g/mol. The molecule has 2 N–H and O–H groups in total. The van der Waals surface area contributed by atoms with Crippen LogP contribution in [0.3, 0.4) is 0 Å². The summed E-state index contributed by atoms with van der Waals surface area (Å²) in [7, 11) is 0. The zero-order valence-corrected chi connectivity index (χ0v) is 10.6. The number of nitrogens with zero attached hydrogens (tertiary/aromatic N) is 2. The van der Waals surface area contributed by atoms with Crippen molar-refractivity contribution in [2.45, 2.75) is 20.3 Å². The zero-order chi connectivity index (χ0) is 14.0. The van der Waals surface area contributed by atoms with Crippen LogP contribution in [0, 0.1) is 18.6 Å². The SMILES string of the molecule is CCc1nc(C)ccc1Oc1nc(N)c(F)cc1F.